The molecule has 0 saturated heterocycles. The number of carbonyl (C=O) groups is 1. The van der Waals surface area contributed by atoms with Gasteiger partial charge in [0.1, 0.15) is 0 Å². The van der Waals surface area contributed by atoms with Gasteiger partial charge in [0.2, 0.25) is 6.41 Å². The molecule has 0 radical (unpaired) electrons. The van der Waals surface area contributed by atoms with Gasteiger partial charge in [-0.05, 0) is 39.8 Å². The number of amides is 1. The van der Waals surface area contributed by atoms with Crippen molar-refractivity contribution in [3.63, 3.8) is 0 Å². The first kappa shape index (κ1) is 11.7. The largest absolute Gasteiger partial charge is 0.276 e. The number of benzene rings is 1. The molecular weight excluding hydrogens is 190 g/mol. The molecule has 1 aromatic carbocycles. The van der Waals surface area contributed by atoms with Crippen LogP contribution in [0.3, 0.4) is 0 Å². The Kier molecular flexibility index (Phi) is 3.48. The molecule has 0 unspecified atom stereocenters. The number of carbonyl (C=O) groups excluding carboxylic acids is 1. The number of aryl methyl sites for hydroxylation is 1. The van der Waals surface area contributed by atoms with E-state index in [1.165, 1.54) is 5.06 Å². The zero-order valence-corrected chi connectivity index (χ0v) is 9.65. The van der Waals surface area contributed by atoms with Crippen LogP contribution < -0.4 is 5.06 Å². The Morgan fingerprint density at radius 1 is 1.20 bits per heavy atom. The van der Waals surface area contributed by atoms with Gasteiger partial charge in [-0.2, -0.15) is 5.06 Å². The van der Waals surface area contributed by atoms with Gasteiger partial charge in [-0.25, -0.2) is 0 Å². The summed E-state index contributed by atoms with van der Waals surface area (Å²) in [7, 11) is 0. The number of hydrogen-bond acceptors (Lipinski definition) is 2. The van der Waals surface area contributed by atoms with E-state index < -0.39 is 0 Å². The van der Waals surface area contributed by atoms with Gasteiger partial charge in [-0.3, -0.25) is 9.63 Å². The molecule has 0 bridgehead atoms. The van der Waals surface area contributed by atoms with Crippen LogP contribution in [0, 0.1) is 6.92 Å². The van der Waals surface area contributed by atoms with Crippen LogP contribution >= 0.6 is 0 Å². The topological polar surface area (TPSA) is 29.5 Å². The Morgan fingerprint density at radius 3 is 2.13 bits per heavy atom. The van der Waals surface area contributed by atoms with E-state index in [1.807, 2.05) is 52.0 Å². The minimum Gasteiger partial charge on any atom is -0.276 e. The van der Waals surface area contributed by atoms with Gasteiger partial charge in [-0.15, -0.1) is 0 Å². The van der Waals surface area contributed by atoms with Crippen LogP contribution in [-0.2, 0) is 9.63 Å². The highest BCUT2D eigenvalue weighted by molar-refractivity contribution is 5.72. The Bertz CT molecular complexity index is 324. The second-order valence-electron chi connectivity index (χ2n) is 4.47. The van der Waals surface area contributed by atoms with Gasteiger partial charge in [0.25, 0.3) is 0 Å². The summed E-state index contributed by atoms with van der Waals surface area (Å²) in [5, 5.41) is 1.25. The highest BCUT2D eigenvalue weighted by atomic mass is 16.7. The molecule has 0 aliphatic carbocycles. The highest BCUT2D eigenvalue weighted by Gasteiger charge is 2.17. The van der Waals surface area contributed by atoms with Gasteiger partial charge < -0.3 is 0 Å². The van der Waals surface area contributed by atoms with E-state index in [1.54, 1.807) is 0 Å². The fourth-order valence-electron chi connectivity index (χ4n) is 1.12. The fourth-order valence-corrected chi connectivity index (χ4v) is 1.12. The third-order valence-corrected chi connectivity index (χ3v) is 1.76. The summed E-state index contributed by atoms with van der Waals surface area (Å²) in [5.41, 5.74) is 1.51. The Labute approximate surface area is 90.6 Å². The van der Waals surface area contributed by atoms with E-state index in [0.29, 0.717) is 6.41 Å². The molecular formula is C12H17NO2. The first-order valence-corrected chi connectivity index (χ1v) is 4.93. The molecule has 0 aliphatic rings. The summed E-state index contributed by atoms with van der Waals surface area (Å²) >= 11 is 0. The van der Waals surface area contributed by atoms with Crippen molar-refractivity contribution in [2.45, 2.75) is 33.3 Å². The molecule has 82 valence electrons. The van der Waals surface area contributed by atoms with Gasteiger partial charge in [-0.1, -0.05) is 17.7 Å². The molecule has 0 heterocycles. The summed E-state index contributed by atoms with van der Waals surface area (Å²) in [5.74, 6) is 0. The van der Waals surface area contributed by atoms with Crippen LogP contribution in [-0.4, -0.2) is 12.0 Å². The molecule has 1 amide bonds. The average molecular weight is 207 g/mol. The maximum absolute atomic E-state index is 10.9. The smallest absolute Gasteiger partial charge is 0.238 e. The van der Waals surface area contributed by atoms with E-state index in [2.05, 4.69) is 0 Å². The Balaban J connectivity index is 2.83. The van der Waals surface area contributed by atoms with Gasteiger partial charge in [0.15, 0.2) is 0 Å². The van der Waals surface area contributed by atoms with Crippen molar-refractivity contribution in [2.24, 2.45) is 0 Å². The van der Waals surface area contributed by atoms with E-state index in [9.17, 15) is 4.79 Å². The summed E-state index contributed by atoms with van der Waals surface area (Å²) in [6.07, 6.45) is 0.677. The number of anilines is 1. The Morgan fingerprint density at radius 2 is 1.73 bits per heavy atom. The Hall–Kier alpha value is -1.35. The average Bonchev–Trinajstić information content (AvgIpc) is 2.14. The van der Waals surface area contributed by atoms with Crippen LogP contribution in [0.1, 0.15) is 26.3 Å². The molecule has 0 aliphatic heterocycles. The van der Waals surface area contributed by atoms with Crippen molar-refractivity contribution < 1.29 is 9.63 Å². The second kappa shape index (κ2) is 4.45. The highest BCUT2D eigenvalue weighted by Crippen LogP contribution is 2.18. The van der Waals surface area contributed by atoms with E-state index in [4.69, 9.17) is 4.84 Å². The summed E-state index contributed by atoms with van der Waals surface area (Å²) in [6, 6.07) is 7.60. The quantitative estimate of drug-likeness (QED) is 0.563. The lowest BCUT2D eigenvalue weighted by Crippen LogP contribution is -2.32. The van der Waals surface area contributed by atoms with Crippen LogP contribution in [0.15, 0.2) is 24.3 Å². The summed E-state index contributed by atoms with van der Waals surface area (Å²) in [4.78, 5) is 16.3. The zero-order chi connectivity index (χ0) is 11.5. The molecule has 1 rings (SSSR count). The molecule has 3 nitrogen and oxygen atoms in total. The predicted octanol–water partition coefficient (Wildman–Crippen LogP) is 2.69. The van der Waals surface area contributed by atoms with Crippen LogP contribution in [0.2, 0.25) is 0 Å². The standard InChI is InChI=1S/C12H17NO2/c1-10-5-7-11(8-6-10)13(9-14)15-12(2,3)4/h5-9H,1-4H3. The zero-order valence-electron chi connectivity index (χ0n) is 9.65. The first-order chi connectivity index (χ1) is 6.92. The molecule has 15 heavy (non-hydrogen) atoms. The van der Waals surface area contributed by atoms with Crippen LogP contribution in [0.25, 0.3) is 0 Å². The fraction of sp³-hybridized carbons (Fsp3) is 0.417. The van der Waals surface area contributed by atoms with E-state index >= 15 is 0 Å². The minimum absolute atomic E-state index is 0.383. The molecule has 3 heteroatoms. The van der Waals surface area contributed by atoms with Crippen LogP contribution in [0.5, 0.6) is 0 Å². The van der Waals surface area contributed by atoms with Crippen molar-refractivity contribution in [1.82, 2.24) is 0 Å². The van der Waals surface area contributed by atoms with Crippen molar-refractivity contribution >= 4 is 12.1 Å². The van der Waals surface area contributed by atoms with Crippen molar-refractivity contribution in [2.75, 3.05) is 5.06 Å². The third-order valence-electron chi connectivity index (χ3n) is 1.76. The molecule has 1 aromatic rings. The maximum atomic E-state index is 10.9. The van der Waals surface area contributed by atoms with E-state index in [-0.39, 0.29) is 5.60 Å². The summed E-state index contributed by atoms with van der Waals surface area (Å²) < 4.78 is 0. The second-order valence-corrected chi connectivity index (χ2v) is 4.47. The maximum Gasteiger partial charge on any atom is 0.238 e. The lowest BCUT2D eigenvalue weighted by molar-refractivity contribution is -0.120. The normalized spacial score (nSPS) is 11.2. The summed E-state index contributed by atoms with van der Waals surface area (Å²) in [6.45, 7) is 7.70. The van der Waals surface area contributed by atoms with Crippen molar-refractivity contribution in [3.8, 4) is 0 Å². The van der Waals surface area contributed by atoms with Crippen LogP contribution in [0.4, 0.5) is 5.69 Å². The lowest BCUT2D eigenvalue weighted by Gasteiger charge is -2.26. The number of rotatable bonds is 3. The van der Waals surface area contributed by atoms with Gasteiger partial charge in [0.05, 0.1) is 11.3 Å². The molecule has 0 fully saturated rings. The molecule has 0 spiro atoms. The molecule has 0 aromatic heterocycles. The van der Waals surface area contributed by atoms with Crippen molar-refractivity contribution in [3.05, 3.63) is 29.8 Å². The molecule has 0 N–H and O–H groups in total. The molecule has 0 saturated carbocycles. The van der Waals surface area contributed by atoms with Gasteiger partial charge in [0, 0.05) is 0 Å². The number of hydrogen-bond donors (Lipinski definition) is 0. The molecule has 0 atom stereocenters. The van der Waals surface area contributed by atoms with E-state index in [0.717, 1.165) is 11.3 Å². The number of nitrogens with zero attached hydrogens (tertiary/aromatic N) is 1. The first-order valence-electron chi connectivity index (χ1n) is 4.93. The SMILES string of the molecule is Cc1ccc(N(C=O)OC(C)(C)C)cc1. The monoisotopic (exact) mass is 207 g/mol. The lowest BCUT2D eigenvalue weighted by atomic mass is 10.2. The van der Waals surface area contributed by atoms with Gasteiger partial charge >= 0.3 is 0 Å². The van der Waals surface area contributed by atoms with Crippen molar-refractivity contribution in [1.29, 1.82) is 0 Å². The predicted molar refractivity (Wildman–Crippen MR) is 60.6 cm³/mol. The minimum atomic E-state index is -0.383. The third kappa shape index (κ3) is 3.72. The number of hydroxylamine groups is 1.